The van der Waals surface area contributed by atoms with Gasteiger partial charge >= 0.3 is 5.97 Å². The third-order valence-electron chi connectivity index (χ3n) is 4.24. The maximum absolute atomic E-state index is 12.4. The molecule has 0 spiro atoms. The average molecular weight is 329 g/mol. The van der Waals surface area contributed by atoms with Crippen LogP contribution in [0.4, 0.5) is 5.69 Å². The molecule has 0 saturated heterocycles. The van der Waals surface area contributed by atoms with Crippen molar-refractivity contribution in [2.24, 2.45) is 0 Å². The minimum Gasteiger partial charge on any atom is -0.481 e. The average Bonchev–Trinajstić information content (AvgIpc) is 2.98. The molecule has 3 rings (SSSR count). The van der Waals surface area contributed by atoms with E-state index < -0.39 is 11.9 Å². The van der Waals surface area contributed by atoms with Gasteiger partial charge < -0.3 is 10.4 Å². The SMILES string of the molecule is CC(C(=O)O)c1cccc(NC(=O)c2cc3c(s2)CCCC3)c1. The second-order valence-electron chi connectivity index (χ2n) is 5.91. The number of benzene rings is 1. The number of aliphatic carboxylic acids is 1. The molecule has 0 aliphatic heterocycles. The van der Waals surface area contributed by atoms with Crippen LogP contribution in [0.1, 0.15) is 51.4 Å². The van der Waals surface area contributed by atoms with Crippen LogP contribution < -0.4 is 5.32 Å². The molecular formula is C18H19NO3S. The highest BCUT2D eigenvalue weighted by Crippen LogP contribution is 2.30. The van der Waals surface area contributed by atoms with Crippen LogP contribution in [0.15, 0.2) is 30.3 Å². The van der Waals surface area contributed by atoms with E-state index in [0.29, 0.717) is 11.3 Å². The molecule has 1 aromatic carbocycles. The Morgan fingerprint density at radius 2 is 2.00 bits per heavy atom. The van der Waals surface area contributed by atoms with Crippen molar-refractivity contribution in [3.63, 3.8) is 0 Å². The molecule has 1 aromatic heterocycles. The van der Waals surface area contributed by atoms with Crippen LogP contribution in [-0.4, -0.2) is 17.0 Å². The predicted octanol–water partition coefficient (Wildman–Crippen LogP) is 4.07. The van der Waals surface area contributed by atoms with Crippen molar-refractivity contribution in [1.82, 2.24) is 0 Å². The molecule has 5 heteroatoms. The van der Waals surface area contributed by atoms with Gasteiger partial charge in [0.2, 0.25) is 0 Å². The molecule has 4 nitrogen and oxygen atoms in total. The van der Waals surface area contributed by atoms with E-state index in [1.54, 1.807) is 42.5 Å². The molecule has 0 bridgehead atoms. The third kappa shape index (κ3) is 3.45. The summed E-state index contributed by atoms with van der Waals surface area (Å²) in [7, 11) is 0. The van der Waals surface area contributed by atoms with Crippen molar-refractivity contribution in [3.8, 4) is 0 Å². The molecule has 0 radical (unpaired) electrons. The Hall–Kier alpha value is -2.14. The molecule has 2 N–H and O–H groups in total. The van der Waals surface area contributed by atoms with E-state index in [0.717, 1.165) is 17.7 Å². The minimum atomic E-state index is -0.876. The normalized spacial score (nSPS) is 14.8. The maximum Gasteiger partial charge on any atom is 0.310 e. The van der Waals surface area contributed by atoms with Gasteiger partial charge in [0.05, 0.1) is 10.8 Å². The van der Waals surface area contributed by atoms with Crippen molar-refractivity contribution < 1.29 is 14.7 Å². The van der Waals surface area contributed by atoms with Gasteiger partial charge in [-0.3, -0.25) is 9.59 Å². The monoisotopic (exact) mass is 329 g/mol. The number of carboxylic acids is 1. The third-order valence-corrected chi connectivity index (χ3v) is 5.47. The minimum absolute atomic E-state index is 0.121. The first-order valence-electron chi connectivity index (χ1n) is 7.80. The van der Waals surface area contributed by atoms with Crippen LogP contribution in [0.5, 0.6) is 0 Å². The number of nitrogens with one attached hydrogen (secondary N) is 1. The van der Waals surface area contributed by atoms with E-state index in [1.165, 1.54) is 23.3 Å². The van der Waals surface area contributed by atoms with Crippen molar-refractivity contribution in [1.29, 1.82) is 0 Å². The van der Waals surface area contributed by atoms with E-state index in [-0.39, 0.29) is 5.91 Å². The van der Waals surface area contributed by atoms with Gasteiger partial charge in [0.15, 0.2) is 0 Å². The van der Waals surface area contributed by atoms with E-state index in [2.05, 4.69) is 5.32 Å². The molecule has 2 aromatic rings. The van der Waals surface area contributed by atoms with Gasteiger partial charge in [0.25, 0.3) is 5.91 Å². The molecule has 0 saturated carbocycles. The maximum atomic E-state index is 12.4. The summed E-state index contributed by atoms with van der Waals surface area (Å²) in [4.78, 5) is 25.6. The molecular weight excluding hydrogens is 310 g/mol. The van der Waals surface area contributed by atoms with E-state index in [1.807, 2.05) is 6.07 Å². The van der Waals surface area contributed by atoms with Crippen molar-refractivity contribution in [3.05, 3.63) is 51.2 Å². The number of hydrogen-bond donors (Lipinski definition) is 2. The lowest BCUT2D eigenvalue weighted by atomic mass is 9.99. The second kappa shape index (κ2) is 6.54. The van der Waals surface area contributed by atoms with E-state index in [4.69, 9.17) is 5.11 Å². The van der Waals surface area contributed by atoms with Crippen molar-refractivity contribution in [2.75, 3.05) is 5.32 Å². The van der Waals surface area contributed by atoms with Gasteiger partial charge in [-0.15, -0.1) is 11.3 Å². The number of amides is 1. The number of hydrogen-bond acceptors (Lipinski definition) is 3. The van der Waals surface area contributed by atoms with Crippen LogP contribution in [0.2, 0.25) is 0 Å². The lowest BCUT2D eigenvalue weighted by Crippen LogP contribution is -2.12. The molecule has 120 valence electrons. The van der Waals surface area contributed by atoms with Crippen LogP contribution in [0.25, 0.3) is 0 Å². The summed E-state index contributed by atoms with van der Waals surface area (Å²) in [5.74, 6) is -1.59. The zero-order valence-electron chi connectivity index (χ0n) is 13.0. The highest BCUT2D eigenvalue weighted by Gasteiger charge is 2.18. The van der Waals surface area contributed by atoms with Gasteiger partial charge in [0.1, 0.15) is 0 Å². The molecule has 1 amide bonds. The first-order chi connectivity index (χ1) is 11.0. The van der Waals surface area contributed by atoms with Gasteiger partial charge in [-0.1, -0.05) is 12.1 Å². The molecule has 0 fully saturated rings. The molecule has 1 heterocycles. The summed E-state index contributed by atoms with van der Waals surface area (Å²) in [5, 5.41) is 12.0. The number of anilines is 1. The zero-order valence-corrected chi connectivity index (χ0v) is 13.8. The summed E-state index contributed by atoms with van der Waals surface area (Å²) in [5.41, 5.74) is 2.62. The largest absolute Gasteiger partial charge is 0.481 e. The Morgan fingerprint density at radius 1 is 1.22 bits per heavy atom. The molecule has 1 atom stereocenters. The summed E-state index contributed by atoms with van der Waals surface area (Å²) < 4.78 is 0. The topological polar surface area (TPSA) is 66.4 Å². The van der Waals surface area contributed by atoms with Crippen LogP contribution in [-0.2, 0) is 17.6 Å². The number of carboxylic acid groups (broad SMARTS) is 1. The molecule has 1 aliphatic carbocycles. The summed E-state index contributed by atoms with van der Waals surface area (Å²) in [6.45, 7) is 1.64. The number of carbonyl (C=O) groups is 2. The van der Waals surface area contributed by atoms with E-state index >= 15 is 0 Å². The summed E-state index contributed by atoms with van der Waals surface area (Å²) in [6, 6.07) is 9.04. The van der Waals surface area contributed by atoms with Gasteiger partial charge in [0, 0.05) is 10.6 Å². The van der Waals surface area contributed by atoms with Crippen LogP contribution >= 0.6 is 11.3 Å². The molecule has 1 aliphatic rings. The number of carbonyl (C=O) groups excluding carboxylic acids is 1. The number of fused-ring (bicyclic) bond motifs is 1. The van der Waals surface area contributed by atoms with Gasteiger partial charge in [-0.2, -0.15) is 0 Å². The van der Waals surface area contributed by atoms with E-state index in [9.17, 15) is 9.59 Å². The Bertz CT molecular complexity index is 727. The fourth-order valence-electron chi connectivity index (χ4n) is 2.82. The zero-order chi connectivity index (χ0) is 16.4. The number of thiophene rings is 1. The van der Waals surface area contributed by atoms with Crippen LogP contribution in [0, 0.1) is 0 Å². The second-order valence-corrected chi connectivity index (χ2v) is 7.04. The highest BCUT2D eigenvalue weighted by atomic mass is 32.1. The Balaban J connectivity index is 1.76. The quantitative estimate of drug-likeness (QED) is 0.888. The first-order valence-corrected chi connectivity index (χ1v) is 8.62. The highest BCUT2D eigenvalue weighted by molar-refractivity contribution is 7.14. The lowest BCUT2D eigenvalue weighted by Gasteiger charge is -2.09. The molecule has 1 unspecified atom stereocenters. The van der Waals surface area contributed by atoms with Gasteiger partial charge in [-0.25, -0.2) is 0 Å². The lowest BCUT2D eigenvalue weighted by molar-refractivity contribution is -0.138. The fraction of sp³-hybridized carbons (Fsp3) is 0.333. The predicted molar refractivity (Wildman–Crippen MR) is 91.4 cm³/mol. The first kappa shape index (κ1) is 15.7. The number of rotatable bonds is 4. The summed E-state index contributed by atoms with van der Waals surface area (Å²) in [6.07, 6.45) is 4.52. The Kier molecular flexibility index (Phi) is 4.48. The van der Waals surface area contributed by atoms with Gasteiger partial charge in [-0.05, 0) is 61.9 Å². The number of aryl methyl sites for hydroxylation is 2. The van der Waals surface area contributed by atoms with Crippen molar-refractivity contribution >= 4 is 28.9 Å². The standard InChI is InChI=1S/C18H19NO3S/c1-11(18(21)22)12-6-4-7-14(9-12)19-17(20)16-10-13-5-2-3-8-15(13)23-16/h4,6-7,9-11H,2-3,5,8H2,1H3,(H,19,20)(H,21,22). The Labute approximate surface area is 139 Å². The smallest absolute Gasteiger partial charge is 0.310 e. The fourth-order valence-corrected chi connectivity index (χ4v) is 3.97. The summed E-state index contributed by atoms with van der Waals surface area (Å²) >= 11 is 1.57. The Morgan fingerprint density at radius 3 is 2.74 bits per heavy atom. The molecule has 23 heavy (non-hydrogen) atoms. The van der Waals surface area contributed by atoms with Crippen LogP contribution in [0.3, 0.4) is 0 Å². The van der Waals surface area contributed by atoms with Crippen molar-refractivity contribution in [2.45, 2.75) is 38.5 Å².